The second-order valence-corrected chi connectivity index (χ2v) is 6.64. The van der Waals surface area contributed by atoms with Crippen LogP contribution in [0.2, 0.25) is 10.0 Å². The molecule has 3 N–H and O–H groups in total. The number of guanidine groups is 1. The Balaban J connectivity index is 1.54. The molecule has 0 spiro atoms. The number of amides is 1. The van der Waals surface area contributed by atoms with Gasteiger partial charge >= 0.3 is 0 Å². The van der Waals surface area contributed by atoms with Gasteiger partial charge < -0.3 is 10.1 Å². The van der Waals surface area contributed by atoms with Crippen molar-refractivity contribution in [1.29, 1.82) is 5.41 Å². The Morgan fingerprint density at radius 2 is 1.64 bits per heavy atom. The number of hydrogen-bond acceptors (Lipinski definition) is 3. The normalized spacial score (nSPS) is 10.2. The lowest BCUT2D eigenvalue weighted by Crippen LogP contribution is -2.35. The maximum absolute atomic E-state index is 12.2. The van der Waals surface area contributed by atoms with Gasteiger partial charge in [0.05, 0.1) is 15.6 Å². The van der Waals surface area contributed by atoms with Gasteiger partial charge in [-0.25, -0.2) is 0 Å². The van der Waals surface area contributed by atoms with E-state index in [1.54, 1.807) is 36.4 Å². The van der Waals surface area contributed by atoms with Crippen molar-refractivity contribution in [2.75, 3.05) is 5.32 Å². The highest BCUT2D eigenvalue weighted by Gasteiger charge is 2.14. The summed E-state index contributed by atoms with van der Waals surface area (Å²) in [4.78, 5) is 12.2. The van der Waals surface area contributed by atoms with E-state index in [0.717, 1.165) is 5.56 Å². The fourth-order valence-electron chi connectivity index (χ4n) is 2.41. The van der Waals surface area contributed by atoms with E-state index in [2.05, 4.69) is 10.6 Å². The standard InChI is InChI=1S/C21H17Cl2N3O2/c22-18-8-4-7-17(19(18)23)20(27)26-21(24)25-15-9-11-16(12-10-15)28-13-14-5-2-1-3-6-14/h1-12H,13H2,(H3,24,25,26,27). The van der Waals surface area contributed by atoms with E-state index in [9.17, 15) is 4.79 Å². The summed E-state index contributed by atoms with van der Waals surface area (Å²) >= 11 is 11.9. The lowest BCUT2D eigenvalue weighted by molar-refractivity contribution is 0.0977. The predicted octanol–water partition coefficient (Wildman–Crippen LogP) is 5.35. The van der Waals surface area contributed by atoms with Gasteiger partial charge in [-0.2, -0.15) is 0 Å². The lowest BCUT2D eigenvalue weighted by atomic mass is 10.2. The molecule has 0 unspecified atom stereocenters. The van der Waals surface area contributed by atoms with Crippen LogP contribution in [0.15, 0.2) is 72.8 Å². The zero-order valence-corrected chi connectivity index (χ0v) is 16.2. The molecule has 3 aromatic rings. The number of ether oxygens (including phenoxy) is 1. The quantitative estimate of drug-likeness (QED) is 0.389. The smallest absolute Gasteiger partial charge is 0.259 e. The largest absolute Gasteiger partial charge is 0.489 e. The minimum Gasteiger partial charge on any atom is -0.489 e. The van der Waals surface area contributed by atoms with Crippen LogP contribution in [0.4, 0.5) is 5.69 Å². The summed E-state index contributed by atoms with van der Waals surface area (Å²) in [6.07, 6.45) is 0. The van der Waals surface area contributed by atoms with E-state index < -0.39 is 5.91 Å². The first-order valence-electron chi connectivity index (χ1n) is 8.40. The van der Waals surface area contributed by atoms with E-state index in [1.165, 1.54) is 6.07 Å². The number of benzene rings is 3. The number of anilines is 1. The summed E-state index contributed by atoms with van der Waals surface area (Å²) in [6.45, 7) is 0.472. The minimum atomic E-state index is -0.521. The molecule has 5 nitrogen and oxygen atoms in total. The monoisotopic (exact) mass is 413 g/mol. The summed E-state index contributed by atoms with van der Waals surface area (Å²) < 4.78 is 5.72. The van der Waals surface area contributed by atoms with Crippen molar-refractivity contribution < 1.29 is 9.53 Å². The lowest BCUT2D eigenvalue weighted by Gasteiger charge is -2.11. The maximum atomic E-state index is 12.2. The van der Waals surface area contributed by atoms with Gasteiger partial charge in [0.15, 0.2) is 5.96 Å². The molecule has 7 heteroatoms. The number of nitrogens with one attached hydrogen (secondary N) is 3. The van der Waals surface area contributed by atoms with Gasteiger partial charge in [-0.05, 0) is 42.0 Å². The number of hydrogen-bond donors (Lipinski definition) is 3. The molecular weight excluding hydrogens is 397 g/mol. The minimum absolute atomic E-state index is 0.148. The van der Waals surface area contributed by atoms with E-state index >= 15 is 0 Å². The Morgan fingerprint density at radius 1 is 0.929 bits per heavy atom. The molecule has 0 radical (unpaired) electrons. The van der Waals surface area contributed by atoms with Crippen LogP contribution in [0.1, 0.15) is 15.9 Å². The van der Waals surface area contributed by atoms with E-state index in [1.807, 2.05) is 30.3 Å². The molecule has 0 saturated carbocycles. The van der Waals surface area contributed by atoms with Gasteiger partial charge in [-0.1, -0.05) is 59.6 Å². The molecule has 142 valence electrons. The molecule has 0 atom stereocenters. The molecular formula is C21H17Cl2N3O2. The number of halogens is 2. The van der Waals surface area contributed by atoms with Crippen molar-refractivity contribution in [2.24, 2.45) is 0 Å². The Morgan fingerprint density at radius 3 is 2.36 bits per heavy atom. The van der Waals surface area contributed by atoms with Crippen molar-refractivity contribution >= 4 is 40.8 Å². The predicted molar refractivity (Wildman–Crippen MR) is 112 cm³/mol. The molecule has 0 fully saturated rings. The number of carbonyl (C=O) groups excluding carboxylic acids is 1. The Labute approximate surface area is 172 Å². The third-order valence-corrected chi connectivity index (χ3v) is 4.63. The molecule has 28 heavy (non-hydrogen) atoms. The van der Waals surface area contributed by atoms with Gasteiger partial charge in [-0.15, -0.1) is 0 Å². The Bertz CT molecular complexity index is 977. The fraction of sp³-hybridized carbons (Fsp3) is 0.0476. The molecule has 0 bridgehead atoms. The van der Waals surface area contributed by atoms with E-state index in [-0.39, 0.29) is 21.6 Å². The summed E-state index contributed by atoms with van der Waals surface area (Å²) in [7, 11) is 0. The average Bonchev–Trinajstić information content (AvgIpc) is 2.70. The number of carbonyl (C=O) groups is 1. The molecule has 0 heterocycles. The van der Waals surface area contributed by atoms with E-state index in [0.29, 0.717) is 18.0 Å². The topological polar surface area (TPSA) is 74.2 Å². The van der Waals surface area contributed by atoms with Gasteiger partial charge in [-0.3, -0.25) is 15.5 Å². The SMILES string of the molecule is N=C(NC(=O)c1cccc(Cl)c1Cl)Nc1ccc(OCc2ccccc2)cc1. The summed E-state index contributed by atoms with van der Waals surface area (Å²) in [6, 6.07) is 21.7. The second kappa shape index (κ2) is 9.26. The van der Waals surface area contributed by atoms with Crippen molar-refractivity contribution in [3.63, 3.8) is 0 Å². The Hall–Kier alpha value is -3.02. The molecule has 0 aliphatic carbocycles. The van der Waals surface area contributed by atoms with Crippen molar-refractivity contribution in [2.45, 2.75) is 6.61 Å². The summed E-state index contributed by atoms with van der Waals surface area (Å²) in [5.74, 6) is 0.00230. The first-order chi connectivity index (χ1) is 13.5. The van der Waals surface area contributed by atoms with Gasteiger partial charge in [0.1, 0.15) is 12.4 Å². The molecule has 1 amide bonds. The number of rotatable bonds is 5. The Kier molecular flexibility index (Phi) is 6.53. The molecule has 0 aromatic heterocycles. The van der Waals surface area contributed by atoms with Gasteiger partial charge in [0, 0.05) is 5.69 Å². The van der Waals surface area contributed by atoms with Crippen LogP contribution >= 0.6 is 23.2 Å². The summed E-state index contributed by atoms with van der Waals surface area (Å²) in [5.41, 5.74) is 1.91. The fourth-order valence-corrected chi connectivity index (χ4v) is 2.80. The van der Waals surface area contributed by atoms with Crippen LogP contribution in [0, 0.1) is 5.41 Å². The highest BCUT2D eigenvalue weighted by Crippen LogP contribution is 2.25. The first-order valence-corrected chi connectivity index (χ1v) is 9.16. The molecule has 3 aromatic carbocycles. The van der Waals surface area contributed by atoms with Crippen LogP contribution in [0.3, 0.4) is 0 Å². The molecule has 0 saturated heterocycles. The first kappa shape index (κ1) is 19.7. The van der Waals surface area contributed by atoms with Crippen LogP contribution in [-0.4, -0.2) is 11.9 Å². The molecule has 0 aliphatic heterocycles. The highest BCUT2D eigenvalue weighted by atomic mass is 35.5. The van der Waals surface area contributed by atoms with Crippen molar-refractivity contribution in [1.82, 2.24) is 5.32 Å². The molecule has 3 rings (SSSR count). The third kappa shape index (κ3) is 5.25. The average molecular weight is 414 g/mol. The van der Waals surface area contributed by atoms with Crippen molar-refractivity contribution in [3.8, 4) is 5.75 Å². The third-order valence-electron chi connectivity index (χ3n) is 3.81. The van der Waals surface area contributed by atoms with Crippen LogP contribution in [-0.2, 0) is 6.61 Å². The van der Waals surface area contributed by atoms with E-state index in [4.69, 9.17) is 33.3 Å². The molecule has 0 aliphatic rings. The van der Waals surface area contributed by atoms with Crippen LogP contribution < -0.4 is 15.4 Å². The maximum Gasteiger partial charge on any atom is 0.259 e. The second-order valence-electron chi connectivity index (χ2n) is 5.85. The van der Waals surface area contributed by atoms with Gasteiger partial charge in [0.25, 0.3) is 5.91 Å². The van der Waals surface area contributed by atoms with Crippen LogP contribution in [0.5, 0.6) is 5.75 Å². The summed E-state index contributed by atoms with van der Waals surface area (Å²) in [5, 5.41) is 13.6. The zero-order chi connectivity index (χ0) is 19.9. The zero-order valence-electron chi connectivity index (χ0n) is 14.7. The van der Waals surface area contributed by atoms with Crippen molar-refractivity contribution in [3.05, 3.63) is 94.0 Å². The van der Waals surface area contributed by atoms with Gasteiger partial charge in [0.2, 0.25) is 0 Å². The highest BCUT2D eigenvalue weighted by molar-refractivity contribution is 6.44. The van der Waals surface area contributed by atoms with Crippen LogP contribution in [0.25, 0.3) is 0 Å².